The second-order valence-electron chi connectivity index (χ2n) is 4.60. The van der Waals surface area contributed by atoms with Crippen molar-refractivity contribution in [2.24, 2.45) is 11.8 Å². The molecule has 0 saturated heterocycles. The fourth-order valence-electron chi connectivity index (χ4n) is 2.05. The maximum absolute atomic E-state index is 4.28. The van der Waals surface area contributed by atoms with Crippen molar-refractivity contribution in [1.29, 1.82) is 0 Å². The zero-order valence-corrected chi connectivity index (χ0v) is 8.57. The third-order valence-electron chi connectivity index (χ3n) is 3.58. The van der Waals surface area contributed by atoms with E-state index in [4.69, 9.17) is 0 Å². The second kappa shape index (κ2) is 4.22. The van der Waals surface area contributed by atoms with Crippen LogP contribution in [0.4, 0.5) is 0 Å². The largest absolute Gasteiger partial charge is 1.00 e. The van der Waals surface area contributed by atoms with Crippen LogP contribution in [0.1, 0.15) is 46.5 Å². The first-order valence-electron chi connectivity index (χ1n) is 4.91. The van der Waals surface area contributed by atoms with E-state index in [0.717, 1.165) is 11.8 Å². The van der Waals surface area contributed by atoms with Gasteiger partial charge in [-0.3, -0.25) is 0 Å². The van der Waals surface area contributed by atoms with Crippen LogP contribution in [0.2, 0.25) is 0 Å². The number of quaternary nitrogens is 1. The summed E-state index contributed by atoms with van der Waals surface area (Å²) in [4.78, 5) is 0. The molecule has 0 radical (unpaired) electrons. The van der Waals surface area contributed by atoms with E-state index in [-0.39, 0.29) is 4.70 Å². The minimum Gasteiger partial charge on any atom is -1.00 e. The number of halogens is 1. The van der Waals surface area contributed by atoms with Crippen LogP contribution in [0, 0.1) is 11.8 Å². The van der Waals surface area contributed by atoms with Crippen molar-refractivity contribution in [2.75, 3.05) is 0 Å². The van der Waals surface area contributed by atoms with Gasteiger partial charge in [-0.25, -0.2) is 0 Å². The molecular formula is C10H22FN. The summed E-state index contributed by atoms with van der Waals surface area (Å²) in [5.41, 5.74) is 4.65. The topological polar surface area (TPSA) is 27.6 Å². The van der Waals surface area contributed by atoms with Crippen LogP contribution >= 0.6 is 0 Å². The lowest BCUT2D eigenvalue weighted by molar-refractivity contribution is -0.492. The second-order valence-corrected chi connectivity index (χ2v) is 4.60. The summed E-state index contributed by atoms with van der Waals surface area (Å²) in [7, 11) is 0. The van der Waals surface area contributed by atoms with Gasteiger partial charge in [0.25, 0.3) is 0 Å². The average molecular weight is 175 g/mol. The highest BCUT2D eigenvalue weighted by Crippen LogP contribution is 2.34. The lowest BCUT2D eigenvalue weighted by Crippen LogP contribution is -3.00. The molecule has 1 aliphatic rings. The minimum absolute atomic E-state index is 0. The lowest BCUT2D eigenvalue weighted by Gasteiger charge is -2.36. The summed E-state index contributed by atoms with van der Waals surface area (Å²) in [5.74, 6) is 1.81. The first-order valence-corrected chi connectivity index (χ1v) is 4.91. The molecule has 1 rings (SSSR count). The SMILES string of the molecule is CCC1CCC(C)([NH3+])C(C)C1.[F-]. The number of hydrogen-bond acceptors (Lipinski definition) is 0. The molecule has 0 aromatic rings. The number of hydrogen-bond donors (Lipinski definition) is 1. The average Bonchev–Trinajstić information content (AvgIpc) is 1.95. The molecule has 1 aliphatic carbocycles. The molecule has 0 aromatic heterocycles. The van der Waals surface area contributed by atoms with E-state index in [1.807, 2.05) is 0 Å². The van der Waals surface area contributed by atoms with Crippen LogP contribution in [-0.2, 0) is 0 Å². The van der Waals surface area contributed by atoms with Gasteiger partial charge in [-0.1, -0.05) is 20.3 Å². The highest BCUT2D eigenvalue weighted by Gasteiger charge is 2.36. The molecule has 1 fully saturated rings. The van der Waals surface area contributed by atoms with Crippen molar-refractivity contribution in [1.82, 2.24) is 0 Å². The van der Waals surface area contributed by atoms with Crippen molar-refractivity contribution >= 4 is 0 Å². The van der Waals surface area contributed by atoms with E-state index in [2.05, 4.69) is 26.5 Å². The Balaban J connectivity index is 0.00000121. The predicted octanol–water partition coefficient (Wildman–Crippen LogP) is -1.16. The van der Waals surface area contributed by atoms with Gasteiger partial charge >= 0.3 is 0 Å². The Morgan fingerprint density at radius 3 is 2.50 bits per heavy atom. The summed E-state index contributed by atoms with van der Waals surface area (Å²) < 4.78 is 0. The molecule has 0 amide bonds. The standard InChI is InChI=1S/C10H21N.FH/c1-4-9-5-6-10(3,11)8(2)7-9;/h8-9H,4-7,11H2,1-3H3;1H. The van der Waals surface area contributed by atoms with Gasteiger partial charge in [0.15, 0.2) is 0 Å². The highest BCUT2D eigenvalue weighted by molar-refractivity contribution is 4.85. The summed E-state index contributed by atoms with van der Waals surface area (Å²) >= 11 is 0. The molecule has 2 heteroatoms. The Bertz CT molecular complexity index is 134. The zero-order chi connectivity index (χ0) is 8.48. The summed E-state index contributed by atoms with van der Waals surface area (Å²) in [6.45, 7) is 6.97. The first kappa shape index (κ1) is 11.9. The van der Waals surface area contributed by atoms with E-state index in [0.29, 0.717) is 5.54 Å². The van der Waals surface area contributed by atoms with Crippen LogP contribution in [0.3, 0.4) is 0 Å². The van der Waals surface area contributed by atoms with Crippen LogP contribution in [0.5, 0.6) is 0 Å². The Morgan fingerprint density at radius 2 is 2.08 bits per heavy atom. The maximum atomic E-state index is 4.28. The summed E-state index contributed by atoms with van der Waals surface area (Å²) in [6, 6.07) is 0. The van der Waals surface area contributed by atoms with Crippen molar-refractivity contribution in [3.63, 3.8) is 0 Å². The predicted molar refractivity (Wildman–Crippen MR) is 48.1 cm³/mol. The van der Waals surface area contributed by atoms with Gasteiger partial charge in [0.05, 0.1) is 5.54 Å². The normalized spacial score (nSPS) is 42.0. The Hall–Kier alpha value is -0.110. The molecule has 3 N–H and O–H groups in total. The summed E-state index contributed by atoms with van der Waals surface area (Å²) in [5, 5.41) is 0. The van der Waals surface area contributed by atoms with E-state index >= 15 is 0 Å². The van der Waals surface area contributed by atoms with Crippen molar-refractivity contribution < 1.29 is 10.4 Å². The Labute approximate surface area is 75.1 Å². The third-order valence-corrected chi connectivity index (χ3v) is 3.58. The smallest absolute Gasteiger partial charge is 0.0943 e. The van der Waals surface area contributed by atoms with Gasteiger partial charge in [0.1, 0.15) is 0 Å². The Morgan fingerprint density at radius 1 is 1.50 bits per heavy atom. The molecule has 0 aromatic carbocycles. The van der Waals surface area contributed by atoms with E-state index in [1.165, 1.54) is 25.7 Å². The molecule has 0 aliphatic heterocycles. The summed E-state index contributed by atoms with van der Waals surface area (Å²) in [6.07, 6.45) is 5.49. The fourth-order valence-corrected chi connectivity index (χ4v) is 2.05. The van der Waals surface area contributed by atoms with Crippen LogP contribution in [0.15, 0.2) is 0 Å². The third kappa shape index (κ3) is 2.44. The van der Waals surface area contributed by atoms with E-state index < -0.39 is 0 Å². The molecule has 1 nitrogen and oxygen atoms in total. The quantitative estimate of drug-likeness (QED) is 0.520. The highest BCUT2D eigenvalue weighted by atomic mass is 19.0. The monoisotopic (exact) mass is 175 g/mol. The van der Waals surface area contributed by atoms with Gasteiger partial charge in [-0.05, 0) is 25.7 Å². The minimum atomic E-state index is 0. The van der Waals surface area contributed by atoms with Crippen molar-refractivity contribution in [3.8, 4) is 0 Å². The molecule has 3 atom stereocenters. The zero-order valence-electron chi connectivity index (χ0n) is 8.57. The van der Waals surface area contributed by atoms with Gasteiger partial charge in [0.2, 0.25) is 0 Å². The molecular weight excluding hydrogens is 153 g/mol. The molecule has 0 spiro atoms. The van der Waals surface area contributed by atoms with Crippen molar-refractivity contribution in [3.05, 3.63) is 0 Å². The van der Waals surface area contributed by atoms with E-state index in [1.54, 1.807) is 0 Å². The number of rotatable bonds is 1. The van der Waals surface area contributed by atoms with Crippen LogP contribution < -0.4 is 10.4 Å². The molecule has 0 bridgehead atoms. The fraction of sp³-hybridized carbons (Fsp3) is 1.00. The van der Waals surface area contributed by atoms with Crippen molar-refractivity contribution in [2.45, 2.75) is 52.0 Å². The first-order chi connectivity index (χ1) is 5.06. The van der Waals surface area contributed by atoms with Crippen LogP contribution in [-0.4, -0.2) is 5.54 Å². The van der Waals surface area contributed by atoms with Gasteiger partial charge < -0.3 is 10.4 Å². The molecule has 0 heterocycles. The molecule has 1 saturated carbocycles. The van der Waals surface area contributed by atoms with Gasteiger partial charge in [-0.2, -0.15) is 0 Å². The van der Waals surface area contributed by atoms with Gasteiger partial charge in [0, 0.05) is 12.3 Å². The Kier molecular flexibility index (Phi) is 4.18. The molecule has 3 unspecified atom stereocenters. The molecule has 12 heavy (non-hydrogen) atoms. The van der Waals surface area contributed by atoms with E-state index in [9.17, 15) is 0 Å². The molecule has 74 valence electrons. The van der Waals surface area contributed by atoms with Crippen LogP contribution in [0.25, 0.3) is 0 Å². The lowest BCUT2D eigenvalue weighted by atomic mass is 9.70. The maximum Gasteiger partial charge on any atom is 0.0943 e. The van der Waals surface area contributed by atoms with Gasteiger partial charge in [-0.15, -0.1) is 0 Å².